The molecule has 1 aromatic rings. The van der Waals surface area contributed by atoms with E-state index < -0.39 is 10.0 Å². The fraction of sp³-hybridized carbons (Fsp3) is 0.692. The fourth-order valence-electron chi connectivity index (χ4n) is 1.90. The fourth-order valence-corrected chi connectivity index (χ4v) is 3.78. The summed E-state index contributed by atoms with van der Waals surface area (Å²) in [6, 6.07) is 2.67. The number of nitrogens with zero attached hydrogens (tertiary/aromatic N) is 1. The van der Waals surface area contributed by atoms with Crippen LogP contribution >= 0.6 is 11.3 Å². The third-order valence-electron chi connectivity index (χ3n) is 3.30. The molecule has 6 heteroatoms. The maximum atomic E-state index is 12.1. The summed E-state index contributed by atoms with van der Waals surface area (Å²) in [7, 11) is -1.45. The van der Waals surface area contributed by atoms with Crippen LogP contribution in [-0.2, 0) is 16.6 Å². The Morgan fingerprint density at radius 1 is 1.42 bits per heavy atom. The van der Waals surface area contributed by atoms with E-state index in [4.69, 9.17) is 0 Å². The highest BCUT2D eigenvalue weighted by molar-refractivity contribution is 7.89. The molecule has 1 N–H and O–H groups in total. The minimum atomic E-state index is -3.11. The molecule has 2 rings (SSSR count). The Labute approximate surface area is 119 Å². The molecule has 19 heavy (non-hydrogen) atoms. The van der Waals surface area contributed by atoms with Gasteiger partial charge in [-0.05, 0) is 54.6 Å². The average molecular weight is 302 g/mol. The lowest BCUT2D eigenvalue weighted by Crippen LogP contribution is -2.29. The Bertz CT molecular complexity index is 467. The molecule has 1 heterocycles. The van der Waals surface area contributed by atoms with Crippen molar-refractivity contribution in [3.05, 3.63) is 22.4 Å². The van der Waals surface area contributed by atoms with Gasteiger partial charge in [0.2, 0.25) is 10.0 Å². The van der Waals surface area contributed by atoms with E-state index >= 15 is 0 Å². The topological polar surface area (TPSA) is 49.4 Å². The van der Waals surface area contributed by atoms with E-state index in [1.807, 2.05) is 16.8 Å². The molecule has 0 unspecified atom stereocenters. The second-order valence-electron chi connectivity index (χ2n) is 5.14. The van der Waals surface area contributed by atoms with Crippen molar-refractivity contribution in [1.82, 2.24) is 9.62 Å². The highest BCUT2D eigenvalue weighted by atomic mass is 32.2. The monoisotopic (exact) mass is 302 g/mol. The van der Waals surface area contributed by atoms with Crippen LogP contribution in [0.5, 0.6) is 0 Å². The molecular formula is C13H22N2O2S2. The van der Waals surface area contributed by atoms with Crippen molar-refractivity contribution in [2.75, 3.05) is 19.3 Å². The van der Waals surface area contributed by atoms with Gasteiger partial charge in [-0.2, -0.15) is 11.3 Å². The predicted molar refractivity (Wildman–Crippen MR) is 79.8 cm³/mol. The van der Waals surface area contributed by atoms with Gasteiger partial charge in [-0.25, -0.2) is 12.7 Å². The van der Waals surface area contributed by atoms with Crippen LogP contribution in [0, 0.1) is 0 Å². The number of unbranched alkanes of at least 4 members (excludes halogenated alkanes) is 1. The maximum absolute atomic E-state index is 12.1. The summed E-state index contributed by atoms with van der Waals surface area (Å²) in [6.45, 7) is 1.42. The Balaban J connectivity index is 1.67. The van der Waals surface area contributed by atoms with Crippen LogP contribution in [0.4, 0.5) is 0 Å². The molecule has 0 aromatic carbocycles. The summed E-state index contributed by atoms with van der Waals surface area (Å²) in [5.41, 5.74) is 1.06. The summed E-state index contributed by atoms with van der Waals surface area (Å²) in [5, 5.41) is 7.36. The van der Waals surface area contributed by atoms with Crippen LogP contribution in [0.25, 0.3) is 0 Å². The van der Waals surface area contributed by atoms with Crippen molar-refractivity contribution in [1.29, 1.82) is 0 Å². The SMILES string of the molecule is CN(Cc1ccsc1)S(=O)(=O)CCCCNC1CC1. The van der Waals surface area contributed by atoms with E-state index in [1.165, 1.54) is 17.1 Å². The summed E-state index contributed by atoms with van der Waals surface area (Å²) in [6.07, 6.45) is 4.22. The average Bonchev–Trinajstić information content (AvgIpc) is 3.04. The quantitative estimate of drug-likeness (QED) is 0.710. The van der Waals surface area contributed by atoms with Crippen molar-refractivity contribution < 1.29 is 8.42 Å². The molecule has 1 aliphatic carbocycles. The second kappa shape index (κ2) is 6.83. The van der Waals surface area contributed by atoms with E-state index in [1.54, 1.807) is 18.4 Å². The van der Waals surface area contributed by atoms with Crippen molar-refractivity contribution in [2.24, 2.45) is 0 Å². The number of hydrogen-bond donors (Lipinski definition) is 1. The van der Waals surface area contributed by atoms with Crippen LogP contribution in [0.2, 0.25) is 0 Å². The minimum Gasteiger partial charge on any atom is -0.314 e. The molecule has 1 aromatic heterocycles. The highest BCUT2D eigenvalue weighted by Gasteiger charge is 2.20. The largest absolute Gasteiger partial charge is 0.314 e. The van der Waals surface area contributed by atoms with Gasteiger partial charge in [-0.15, -0.1) is 0 Å². The first-order chi connectivity index (χ1) is 9.08. The molecule has 0 atom stereocenters. The lowest BCUT2D eigenvalue weighted by Gasteiger charge is -2.16. The van der Waals surface area contributed by atoms with Crippen LogP contribution in [0.1, 0.15) is 31.2 Å². The minimum absolute atomic E-state index is 0.250. The number of hydrogen-bond acceptors (Lipinski definition) is 4. The lowest BCUT2D eigenvalue weighted by molar-refractivity contribution is 0.464. The Morgan fingerprint density at radius 2 is 2.21 bits per heavy atom. The number of rotatable bonds is 9. The van der Waals surface area contributed by atoms with E-state index in [-0.39, 0.29) is 5.75 Å². The summed E-state index contributed by atoms with van der Waals surface area (Å²) >= 11 is 1.60. The molecule has 0 saturated heterocycles. The molecule has 1 fully saturated rings. The third kappa shape index (κ3) is 5.22. The van der Waals surface area contributed by atoms with Gasteiger partial charge in [-0.1, -0.05) is 0 Å². The standard InChI is InChI=1S/C13H22N2O2S2/c1-15(10-12-6-8-18-11-12)19(16,17)9-3-2-7-14-13-4-5-13/h6,8,11,13-14H,2-5,7,9-10H2,1H3. The van der Waals surface area contributed by atoms with Gasteiger partial charge in [-0.3, -0.25) is 0 Å². The first-order valence-electron chi connectivity index (χ1n) is 6.76. The van der Waals surface area contributed by atoms with Crippen LogP contribution in [0.15, 0.2) is 16.8 Å². The smallest absolute Gasteiger partial charge is 0.214 e. The lowest BCUT2D eigenvalue weighted by atomic mass is 10.3. The van der Waals surface area contributed by atoms with Gasteiger partial charge in [0.15, 0.2) is 0 Å². The summed E-state index contributed by atoms with van der Waals surface area (Å²) in [4.78, 5) is 0. The molecule has 0 radical (unpaired) electrons. The Hall–Kier alpha value is -0.430. The van der Waals surface area contributed by atoms with E-state index in [0.29, 0.717) is 12.6 Å². The van der Waals surface area contributed by atoms with Crippen molar-refractivity contribution in [3.8, 4) is 0 Å². The highest BCUT2D eigenvalue weighted by Crippen LogP contribution is 2.18. The second-order valence-corrected chi connectivity index (χ2v) is 8.11. The third-order valence-corrected chi connectivity index (χ3v) is 5.92. The predicted octanol–water partition coefficient (Wildman–Crippen LogP) is 2.04. The molecule has 1 aliphatic rings. The van der Waals surface area contributed by atoms with E-state index in [2.05, 4.69) is 5.32 Å². The Kier molecular flexibility index (Phi) is 5.38. The van der Waals surface area contributed by atoms with Gasteiger partial charge in [0.25, 0.3) is 0 Å². The molecule has 0 amide bonds. The zero-order valence-corrected chi connectivity index (χ0v) is 13.0. The summed E-state index contributed by atoms with van der Waals surface area (Å²) in [5.74, 6) is 0.250. The van der Waals surface area contributed by atoms with Crippen LogP contribution < -0.4 is 5.32 Å². The molecule has 1 saturated carbocycles. The molecule has 108 valence electrons. The van der Waals surface area contributed by atoms with E-state index in [0.717, 1.165) is 24.9 Å². The zero-order valence-electron chi connectivity index (χ0n) is 11.3. The Morgan fingerprint density at radius 3 is 2.84 bits per heavy atom. The maximum Gasteiger partial charge on any atom is 0.214 e. The van der Waals surface area contributed by atoms with Gasteiger partial charge in [0, 0.05) is 19.6 Å². The van der Waals surface area contributed by atoms with Gasteiger partial charge < -0.3 is 5.32 Å². The molecule has 0 spiro atoms. The van der Waals surface area contributed by atoms with E-state index in [9.17, 15) is 8.42 Å². The number of sulfonamides is 1. The molecule has 4 nitrogen and oxygen atoms in total. The molecule has 0 bridgehead atoms. The van der Waals surface area contributed by atoms with Crippen molar-refractivity contribution >= 4 is 21.4 Å². The van der Waals surface area contributed by atoms with Crippen molar-refractivity contribution in [3.63, 3.8) is 0 Å². The van der Waals surface area contributed by atoms with Crippen LogP contribution in [-0.4, -0.2) is 38.1 Å². The molecule has 0 aliphatic heterocycles. The number of nitrogens with one attached hydrogen (secondary N) is 1. The van der Waals surface area contributed by atoms with Crippen molar-refractivity contribution in [2.45, 2.75) is 38.3 Å². The summed E-state index contributed by atoms with van der Waals surface area (Å²) < 4.78 is 25.6. The first-order valence-corrected chi connectivity index (χ1v) is 9.31. The van der Waals surface area contributed by atoms with Gasteiger partial charge in [0.1, 0.15) is 0 Å². The zero-order chi connectivity index (χ0) is 13.7. The van der Waals surface area contributed by atoms with Crippen LogP contribution in [0.3, 0.4) is 0 Å². The number of thiophene rings is 1. The van der Waals surface area contributed by atoms with Gasteiger partial charge >= 0.3 is 0 Å². The molecular weight excluding hydrogens is 280 g/mol. The normalized spacial score (nSPS) is 16.1. The van der Waals surface area contributed by atoms with Gasteiger partial charge in [0.05, 0.1) is 5.75 Å². The first kappa shape index (κ1) is 15.0.